The van der Waals surface area contributed by atoms with Gasteiger partial charge in [0.25, 0.3) is 0 Å². The van der Waals surface area contributed by atoms with E-state index in [0.717, 1.165) is 21.2 Å². The molecule has 17 heavy (non-hydrogen) atoms. The zero-order valence-electron chi connectivity index (χ0n) is 9.24. The van der Waals surface area contributed by atoms with E-state index in [-0.39, 0.29) is 5.92 Å². The molecule has 0 amide bonds. The Labute approximate surface area is 113 Å². The lowest BCUT2D eigenvalue weighted by molar-refractivity contribution is 0.920. The van der Waals surface area contributed by atoms with Gasteiger partial charge in [-0.2, -0.15) is 0 Å². The molecule has 0 bridgehead atoms. The summed E-state index contributed by atoms with van der Waals surface area (Å²) in [6.07, 6.45) is 0.480. The van der Waals surface area contributed by atoms with Crippen LogP contribution < -0.4 is 0 Å². The smallest absolute Gasteiger partial charge is 0.0665 e. The maximum Gasteiger partial charge on any atom is 0.0665 e. The van der Waals surface area contributed by atoms with Gasteiger partial charge in [-0.05, 0) is 23.3 Å². The third-order valence-electron chi connectivity index (χ3n) is 2.80. The molecular weight excluding hydrogens is 250 g/mol. The molecule has 2 rings (SSSR count). The summed E-state index contributed by atoms with van der Waals surface area (Å²) in [5.74, 6) is 0.0393. The van der Waals surface area contributed by atoms with E-state index >= 15 is 0 Å². The van der Waals surface area contributed by atoms with Gasteiger partial charge in [0.15, 0.2) is 0 Å². The summed E-state index contributed by atoms with van der Waals surface area (Å²) in [4.78, 5) is 0. The molecule has 2 aromatic rings. The van der Waals surface area contributed by atoms with Crippen LogP contribution in [-0.4, -0.2) is 7.85 Å². The Bertz CT molecular complexity index is 466. The first-order chi connectivity index (χ1) is 8.24. The Morgan fingerprint density at radius 3 is 1.59 bits per heavy atom. The van der Waals surface area contributed by atoms with Crippen LogP contribution in [0.15, 0.2) is 48.5 Å². The largest absolute Gasteiger partial charge is 0.0840 e. The molecule has 0 atom stereocenters. The molecular formula is C14H11BCl2. The second-order valence-corrected chi connectivity index (χ2v) is 4.65. The highest BCUT2D eigenvalue weighted by Gasteiger charge is 2.16. The van der Waals surface area contributed by atoms with E-state index in [9.17, 15) is 0 Å². The van der Waals surface area contributed by atoms with E-state index in [1.807, 2.05) is 48.5 Å². The van der Waals surface area contributed by atoms with Gasteiger partial charge in [0.1, 0.15) is 0 Å². The Kier molecular flexibility index (Phi) is 4.14. The first-order valence-corrected chi connectivity index (χ1v) is 6.18. The van der Waals surface area contributed by atoms with Crippen LogP contribution in [0.25, 0.3) is 0 Å². The summed E-state index contributed by atoms with van der Waals surface area (Å²) < 4.78 is 0. The van der Waals surface area contributed by atoms with E-state index in [4.69, 9.17) is 31.0 Å². The summed E-state index contributed by atoms with van der Waals surface area (Å²) in [6.45, 7) is 0. The van der Waals surface area contributed by atoms with Gasteiger partial charge in [0.2, 0.25) is 0 Å². The minimum atomic E-state index is 0.0393. The number of rotatable bonds is 3. The second kappa shape index (κ2) is 5.62. The normalized spacial score (nSPS) is 10.8. The fraction of sp³-hybridized carbons (Fsp3) is 0.143. The van der Waals surface area contributed by atoms with Crippen LogP contribution in [0, 0.1) is 0 Å². The summed E-state index contributed by atoms with van der Waals surface area (Å²) in [5, 5.41) is 1.45. The minimum Gasteiger partial charge on any atom is -0.0840 e. The maximum atomic E-state index is 6.20. The molecule has 0 unspecified atom stereocenters. The molecule has 84 valence electrons. The average Bonchev–Trinajstić information content (AvgIpc) is 2.34. The first-order valence-electron chi connectivity index (χ1n) is 5.43. The molecule has 0 spiro atoms. The molecule has 0 heterocycles. The lowest BCUT2D eigenvalue weighted by Crippen LogP contribution is -2.02. The van der Waals surface area contributed by atoms with Crippen molar-refractivity contribution in [3.63, 3.8) is 0 Å². The Balaban J connectivity index is 2.48. The molecule has 0 aliphatic carbocycles. The molecule has 0 aliphatic rings. The number of hydrogen-bond acceptors (Lipinski definition) is 0. The van der Waals surface area contributed by atoms with Crippen molar-refractivity contribution >= 4 is 31.0 Å². The van der Waals surface area contributed by atoms with Gasteiger partial charge in [-0.3, -0.25) is 0 Å². The molecule has 0 N–H and O–H groups in total. The van der Waals surface area contributed by atoms with Gasteiger partial charge in [0.05, 0.1) is 7.85 Å². The predicted molar refractivity (Wildman–Crippen MR) is 75.3 cm³/mol. The highest BCUT2D eigenvalue weighted by atomic mass is 35.5. The first kappa shape index (κ1) is 12.5. The molecule has 0 fully saturated rings. The third-order valence-corrected chi connectivity index (χ3v) is 3.49. The highest BCUT2D eigenvalue weighted by Crippen LogP contribution is 2.35. The van der Waals surface area contributed by atoms with Crippen LogP contribution in [0.3, 0.4) is 0 Å². The number of benzene rings is 2. The van der Waals surface area contributed by atoms with E-state index in [1.165, 1.54) is 0 Å². The van der Waals surface area contributed by atoms with Crippen molar-refractivity contribution in [2.24, 2.45) is 0 Å². The van der Waals surface area contributed by atoms with Crippen LogP contribution in [-0.2, 0) is 0 Å². The maximum absolute atomic E-state index is 6.20. The van der Waals surface area contributed by atoms with Gasteiger partial charge in [-0.15, -0.1) is 0 Å². The van der Waals surface area contributed by atoms with Crippen LogP contribution >= 0.6 is 23.2 Å². The van der Waals surface area contributed by atoms with E-state index < -0.39 is 0 Å². The molecule has 0 nitrogen and oxygen atoms in total. The standard InChI is InChI=1S/C14H11BCl2/c15-9-12(10-5-1-3-7-13(10)16)11-6-2-4-8-14(11)17/h1-8,12H,9H2. The number of halogens is 2. The summed E-state index contributed by atoms with van der Waals surface area (Å²) in [6, 6.07) is 15.5. The van der Waals surface area contributed by atoms with E-state index in [2.05, 4.69) is 0 Å². The predicted octanol–water partition coefficient (Wildman–Crippen LogP) is 4.71. The van der Waals surface area contributed by atoms with Gasteiger partial charge in [0, 0.05) is 16.0 Å². The highest BCUT2D eigenvalue weighted by molar-refractivity contribution is 6.32. The Morgan fingerprint density at radius 2 is 1.24 bits per heavy atom. The zero-order chi connectivity index (χ0) is 12.3. The molecule has 3 heteroatoms. The molecule has 2 aromatic carbocycles. The van der Waals surface area contributed by atoms with Crippen LogP contribution in [0.1, 0.15) is 17.0 Å². The summed E-state index contributed by atoms with van der Waals surface area (Å²) in [7, 11) is 5.86. The van der Waals surface area contributed by atoms with Crippen LogP contribution in [0.4, 0.5) is 0 Å². The quantitative estimate of drug-likeness (QED) is 0.701. The van der Waals surface area contributed by atoms with Crippen LogP contribution in [0.5, 0.6) is 0 Å². The summed E-state index contributed by atoms with van der Waals surface area (Å²) >= 11 is 12.4. The van der Waals surface area contributed by atoms with Crippen molar-refractivity contribution in [2.45, 2.75) is 12.2 Å². The summed E-state index contributed by atoms with van der Waals surface area (Å²) in [5.41, 5.74) is 2.04. The third kappa shape index (κ3) is 2.67. The minimum absolute atomic E-state index is 0.0393. The SMILES string of the molecule is [B]CC(c1ccccc1Cl)c1ccccc1Cl. The molecule has 0 aromatic heterocycles. The average molecular weight is 261 g/mol. The molecule has 0 saturated heterocycles. The van der Waals surface area contributed by atoms with Crippen molar-refractivity contribution in [2.75, 3.05) is 0 Å². The second-order valence-electron chi connectivity index (χ2n) is 3.83. The van der Waals surface area contributed by atoms with Gasteiger partial charge >= 0.3 is 0 Å². The van der Waals surface area contributed by atoms with Crippen molar-refractivity contribution < 1.29 is 0 Å². The number of hydrogen-bond donors (Lipinski definition) is 0. The van der Waals surface area contributed by atoms with E-state index in [0.29, 0.717) is 6.32 Å². The van der Waals surface area contributed by atoms with Crippen molar-refractivity contribution in [1.82, 2.24) is 0 Å². The molecule has 0 saturated carbocycles. The van der Waals surface area contributed by atoms with Gasteiger partial charge < -0.3 is 0 Å². The Morgan fingerprint density at radius 1 is 0.824 bits per heavy atom. The van der Waals surface area contributed by atoms with Gasteiger partial charge in [-0.25, -0.2) is 0 Å². The fourth-order valence-corrected chi connectivity index (χ4v) is 2.47. The Hall–Kier alpha value is -0.915. The van der Waals surface area contributed by atoms with Crippen molar-refractivity contribution in [3.05, 3.63) is 69.7 Å². The van der Waals surface area contributed by atoms with Crippen molar-refractivity contribution in [3.8, 4) is 0 Å². The molecule has 0 aliphatic heterocycles. The fourth-order valence-electron chi connectivity index (χ4n) is 1.94. The van der Waals surface area contributed by atoms with Crippen molar-refractivity contribution in [1.29, 1.82) is 0 Å². The monoisotopic (exact) mass is 260 g/mol. The molecule has 2 radical (unpaired) electrons. The topological polar surface area (TPSA) is 0 Å². The van der Waals surface area contributed by atoms with Crippen LogP contribution in [0.2, 0.25) is 16.4 Å². The van der Waals surface area contributed by atoms with E-state index in [1.54, 1.807) is 0 Å². The lowest BCUT2D eigenvalue weighted by atomic mass is 9.81. The van der Waals surface area contributed by atoms with Gasteiger partial charge in [-0.1, -0.05) is 65.9 Å². The zero-order valence-corrected chi connectivity index (χ0v) is 10.7. The lowest BCUT2D eigenvalue weighted by Gasteiger charge is -2.18.